The van der Waals surface area contributed by atoms with Crippen LogP contribution in [0, 0.1) is 0 Å². The number of pyridine rings is 1. The Bertz CT molecular complexity index is 547. The van der Waals surface area contributed by atoms with Crippen LogP contribution < -0.4 is 0 Å². The predicted molar refractivity (Wildman–Crippen MR) is 65.2 cm³/mol. The molecule has 9 heteroatoms. The first-order valence-electron chi connectivity index (χ1n) is 5.85. The largest absolute Gasteiger partial charge is 0.394 e. The molecule has 2 rings (SSSR count). The second-order valence-corrected chi connectivity index (χ2v) is 6.38. The lowest BCUT2D eigenvalue weighted by molar-refractivity contribution is -0.207. The van der Waals surface area contributed by atoms with Gasteiger partial charge in [-0.1, -0.05) is 6.07 Å². The van der Waals surface area contributed by atoms with Gasteiger partial charge in [0, 0.05) is 6.20 Å². The quantitative estimate of drug-likeness (QED) is 0.487. The van der Waals surface area contributed by atoms with Crippen LogP contribution in [0.5, 0.6) is 0 Å². The number of rotatable bonds is 3. The van der Waals surface area contributed by atoms with Gasteiger partial charge in [0.25, 0.3) is 0 Å². The molecule has 1 fully saturated rings. The minimum atomic E-state index is -4.18. The van der Waals surface area contributed by atoms with Gasteiger partial charge in [-0.05, 0) is 12.1 Å². The summed E-state index contributed by atoms with van der Waals surface area (Å²) in [6, 6.07) is 4.19. The van der Waals surface area contributed by atoms with E-state index in [1.54, 1.807) is 0 Å². The van der Waals surface area contributed by atoms with Crippen molar-refractivity contribution in [2.24, 2.45) is 0 Å². The second-order valence-electron chi connectivity index (χ2n) is 4.41. The maximum atomic E-state index is 12.3. The Morgan fingerprint density at radius 2 is 1.85 bits per heavy atom. The molecule has 0 spiro atoms. The number of aliphatic hydroxyl groups excluding tert-OH is 4. The molecule has 112 valence electrons. The van der Waals surface area contributed by atoms with Crippen molar-refractivity contribution < 1.29 is 33.6 Å². The molecule has 8 nitrogen and oxygen atoms in total. The van der Waals surface area contributed by atoms with Crippen LogP contribution in [0.1, 0.15) is 0 Å². The fourth-order valence-corrected chi connectivity index (χ4v) is 3.49. The molecule has 4 N–H and O–H groups in total. The Kier molecular flexibility index (Phi) is 4.37. The summed E-state index contributed by atoms with van der Waals surface area (Å²) in [5.41, 5.74) is -1.81. The van der Waals surface area contributed by atoms with Gasteiger partial charge >= 0.3 is 0 Å². The molecule has 1 aromatic rings. The smallest absolute Gasteiger partial charge is 0.225 e. The van der Waals surface area contributed by atoms with Crippen molar-refractivity contribution in [3.63, 3.8) is 0 Å². The molecular formula is C11H15NO7S. The number of ether oxygens (including phenoxy) is 1. The molecular weight excluding hydrogens is 290 g/mol. The molecule has 0 bridgehead atoms. The number of hydrogen-bond donors (Lipinski definition) is 4. The SMILES string of the molecule is O=S(=O)(c1ccccn1)C1O[C@H](CO)[C@@H](O)[C@H](O)[C@@H]1O. The molecule has 1 aromatic heterocycles. The van der Waals surface area contributed by atoms with E-state index < -0.39 is 46.3 Å². The van der Waals surface area contributed by atoms with E-state index in [0.717, 1.165) is 0 Å². The highest BCUT2D eigenvalue weighted by Gasteiger charge is 2.49. The zero-order valence-electron chi connectivity index (χ0n) is 10.3. The van der Waals surface area contributed by atoms with Gasteiger partial charge in [-0.2, -0.15) is 0 Å². The molecule has 1 aliphatic rings. The predicted octanol–water partition coefficient (Wildman–Crippen LogP) is -2.34. The Balaban J connectivity index is 2.36. The summed E-state index contributed by atoms with van der Waals surface area (Å²) in [6.07, 6.45) is -5.22. The Morgan fingerprint density at radius 3 is 2.40 bits per heavy atom. The lowest BCUT2D eigenvalue weighted by Gasteiger charge is -2.39. The Labute approximate surface area is 115 Å². The van der Waals surface area contributed by atoms with Gasteiger partial charge in [-0.25, -0.2) is 13.4 Å². The topological polar surface area (TPSA) is 137 Å². The van der Waals surface area contributed by atoms with Crippen molar-refractivity contribution in [2.45, 2.75) is 34.9 Å². The summed E-state index contributed by atoms with van der Waals surface area (Å²) in [5, 5.41) is 37.7. The van der Waals surface area contributed by atoms with E-state index in [9.17, 15) is 23.7 Å². The van der Waals surface area contributed by atoms with Gasteiger partial charge in [0.15, 0.2) is 10.5 Å². The van der Waals surface area contributed by atoms with Gasteiger partial charge in [0.05, 0.1) is 6.61 Å². The van der Waals surface area contributed by atoms with Crippen LogP contribution in [0.25, 0.3) is 0 Å². The van der Waals surface area contributed by atoms with Gasteiger partial charge in [0.2, 0.25) is 9.84 Å². The van der Waals surface area contributed by atoms with Crippen molar-refractivity contribution in [3.8, 4) is 0 Å². The van der Waals surface area contributed by atoms with E-state index in [0.29, 0.717) is 0 Å². The molecule has 5 atom stereocenters. The maximum absolute atomic E-state index is 12.3. The normalized spacial score (nSPS) is 34.9. The molecule has 2 heterocycles. The van der Waals surface area contributed by atoms with Crippen LogP contribution >= 0.6 is 0 Å². The van der Waals surface area contributed by atoms with Gasteiger partial charge in [-0.3, -0.25) is 0 Å². The fraction of sp³-hybridized carbons (Fsp3) is 0.545. The van der Waals surface area contributed by atoms with Crippen molar-refractivity contribution in [1.82, 2.24) is 4.98 Å². The molecule has 0 amide bonds. The highest BCUT2D eigenvalue weighted by Crippen LogP contribution is 2.27. The Hall–Kier alpha value is -1.10. The van der Waals surface area contributed by atoms with Crippen molar-refractivity contribution in [1.29, 1.82) is 0 Å². The zero-order chi connectivity index (χ0) is 14.9. The molecule has 1 unspecified atom stereocenters. The first kappa shape index (κ1) is 15.3. The first-order valence-corrected chi connectivity index (χ1v) is 7.39. The number of hydrogen-bond acceptors (Lipinski definition) is 8. The van der Waals surface area contributed by atoms with Crippen LogP contribution in [0.15, 0.2) is 29.4 Å². The van der Waals surface area contributed by atoms with Crippen molar-refractivity contribution >= 4 is 9.84 Å². The molecule has 20 heavy (non-hydrogen) atoms. The third-order valence-electron chi connectivity index (χ3n) is 3.08. The average molecular weight is 305 g/mol. The summed E-state index contributed by atoms with van der Waals surface area (Å²) in [5.74, 6) is 0. The van der Waals surface area contributed by atoms with E-state index in [1.165, 1.54) is 24.4 Å². The van der Waals surface area contributed by atoms with Crippen LogP contribution in [-0.2, 0) is 14.6 Å². The monoisotopic (exact) mass is 305 g/mol. The van der Waals surface area contributed by atoms with Crippen molar-refractivity contribution in [2.75, 3.05) is 6.61 Å². The second kappa shape index (κ2) is 5.72. The third-order valence-corrected chi connectivity index (χ3v) is 4.91. The van der Waals surface area contributed by atoms with Crippen LogP contribution in [-0.4, -0.2) is 70.3 Å². The summed E-state index contributed by atoms with van der Waals surface area (Å²) >= 11 is 0. The number of aliphatic hydroxyl groups is 4. The summed E-state index contributed by atoms with van der Waals surface area (Å²) in [6.45, 7) is -0.695. The highest BCUT2D eigenvalue weighted by atomic mass is 32.2. The van der Waals surface area contributed by atoms with Crippen molar-refractivity contribution in [3.05, 3.63) is 24.4 Å². The maximum Gasteiger partial charge on any atom is 0.225 e. The molecule has 0 aliphatic carbocycles. The molecule has 1 aliphatic heterocycles. The van der Waals surface area contributed by atoms with E-state index in [-0.39, 0.29) is 5.03 Å². The van der Waals surface area contributed by atoms with Gasteiger partial charge in [0.1, 0.15) is 24.4 Å². The standard InChI is InChI=1S/C11H15NO7S/c13-5-6-8(14)9(15)10(16)11(19-6)20(17,18)7-3-1-2-4-12-7/h1-4,6,8-11,13-16H,5H2/t6-,8-,9+,10+,11?/m1/s1. The lowest BCUT2D eigenvalue weighted by atomic mass is 10.0. The molecule has 0 aromatic carbocycles. The first-order chi connectivity index (χ1) is 9.39. The number of aromatic nitrogens is 1. The minimum Gasteiger partial charge on any atom is -0.394 e. The Morgan fingerprint density at radius 1 is 1.15 bits per heavy atom. The highest BCUT2D eigenvalue weighted by molar-refractivity contribution is 7.91. The number of nitrogens with zero attached hydrogens (tertiary/aromatic N) is 1. The van der Waals surface area contributed by atoms with E-state index in [4.69, 9.17) is 9.84 Å². The molecule has 0 radical (unpaired) electrons. The molecule has 0 saturated carbocycles. The van der Waals surface area contributed by atoms with Crippen LogP contribution in [0.3, 0.4) is 0 Å². The molecule has 1 saturated heterocycles. The lowest BCUT2D eigenvalue weighted by Crippen LogP contribution is -2.60. The van der Waals surface area contributed by atoms with Gasteiger partial charge in [-0.15, -0.1) is 0 Å². The minimum absolute atomic E-state index is 0.329. The van der Waals surface area contributed by atoms with Crippen LogP contribution in [0.2, 0.25) is 0 Å². The number of sulfone groups is 1. The fourth-order valence-electron chi connectivity index (χ4n) is 1.96. The zero-order valence-corrected chi connectivity index (χ0v) is 11.1. The van der Waals surface area contributed by atoms with E-state index >= 15 is 0 Å². The summed E-state index contributed by atoms with van der Waals surface area (Å²) < 4.78 is 29.6. The van der Waals surface area contributed by atoms with Gasteiger partial charge < -0.3 is 25.2 Å². The summed E-state index contributed by atoms with van der Waals surface area (Å²) in [4.78, 5) is 3.67. The van der Waals surface area contributed by atoms with Crippen LogP contribution in [0.4, 0.5) is 0 Å². The third kappa shape index (κ3) is 2.55. The van der Waals surface area contributed by atoms with E-state index in [1.807, 2.05) is 0 Å². The van der Waals surface area contributed by atoms with E-state index in [2.05, 4.69) is 4.98 Å². The summed E-state index contributed by atoms with van der Waals surface area (Å²) in [7, 11) is -4.18. The average Bonchev–Trinajstić information content (AvgIpc) is 2.46.